The van der Waals surface area contributed by atoms with Crippen LogP contribution in [0, 0.1) is 17.0 Å². The number of piperidine rings is 1. The summed E-state index contributed by atoms with van der Waals surface area (Å²) in [5.41, 5.74) is -2.30. The summed E-state index contributed by atoms with van der Waals surface area (Å²) in [5.74, 6) is -4.24. The Morgan fingerprint density at radius 1 is 1.00 bits per heavy atom. The van der Waals surface area contributed by atoms with Gasteiger partial charge >= 0.3 is 6.18 Å². The Labute approximate surface area is 198 Å². The average molecular weight is 517 g/mol. The molecule has 0 saturated carbocycles. The van der Waals surface area contributed by atoms with E-state index in [2.05, 4.69) is 20.1 Å². The van der Waals surface area contributed by atoms with Gasteiger partial charge in [-0.05, 0) is 19.3 Å². The van der Waals surface area contributed by atoms with Gasteiger partial charge in [0.05, 0.1) is 17.8 Å². The van der Waals surface area contributed by atoms with Gasteiger partial charge in [-0.1, -0.05) is 0 Å². The van der Waals surface area contributed by atoms with Gasteiger partial charge in [-0.3, -0.25) is 9.69 Å². The highest BCUT2D eigenvalue weighted by molar-refractivity contribution is 5.99. The van der Waals surface area contributed by atoms with Crippen LogP contribution in [0.2, 0.25) is 0 Å². The van der Waals surface area contributed by atoms with E-state index in [1.165, 1.54) is 12.4 Å². The molecule has 0 unspecified atom stereocenters. The van der Waals surface area contributed by atoms with Crippen molar-refractivity contribution in [2.24, 2.45) is 5.41 Å². The molecule has 8 nitrogen and oxygen atoms in total. The lowest BCUT2D eigenvalue weighted by Gasteiger charge is -2.38. The van der Waals surface area contributed by atoms with Gasteiger partial charge in [0.1, 0.15) is 17.9 Å². The second-order valence-corrected chi connectivity index (χ2v) is 8.75. The Bertz CT molecular complexity index is 1320. The number of halogens is 7. The van der Waals surface area contributed by atoms with Crippen molar-refractivity contribution in [1.82, 2.24) is 24.7 Å². The largest absolute Gasteiger partial charge is 0.436 e. The van der Waals surface area contributed by atoms with Gasteiger partial charge < -0.3 is 4.90 Å². The summed E-state index contributed by atoms with van der Waals surface area (Å²) >= 11 is 0. The first-order chi connectivity index (χ1) is 17.0. The van der Waals surface area contributed by atoms with E-state index >= 15 is 0 Å². The zero-order valence-electron chi connectivity index (χ0n) is 18.4. The summed E-state index contributed by atoms with van der Waals surface area (Å²) in [5, 5.41) is 3.87. The maximum Gasteiger partial charge on any atom is 0.436 e. The lowest BCUT2D eigenvalue weighted by Crippen LogP contribution is -2.45. The number of aromatic nitrogens is 5. The third-order valence-corrected chi connectivity index (χ3v) is 6.64. The highest BCUT2D eigenvalue weighted by Crippen LogP contribution is 2.44. The van der Waals surface area contributed by atoms with Gasteiger partial charge in [0, 0.05) is 25.7 Å². The van der Waals surface area contributed by atoms with Crippen molar-refractivity contribution < 1.29 is 35.5 Å². The molecule has 2 saturated heterocycles. The van der Waals surface area contributed by atoms with Gasteiger partial charge in [0.15, 0.2) is 28.8 Å². The summed E-state index contributed by atoms with van der Waals surface area (Å²) < 4.78 is 93.9. The Hall–Kier alpha value is -3.52. The van der Waals surface area contributed by atoms with Crippen LogP contribution in [0.15, 0.2) is 18.5 Å². The predicted octanol–water partition coefficient (Wildman–Crippen LogP) is 3.81. The van der Waals surface area contributed by atoms with Gasteiger partial charge in [-0.15, -0.1) is 0 Å². The van der Waals surface area contributed by atoms with Crippen molar-refractivity contribution in [1.29, 1.82) is 0 Å². The molecule has 5 rings (SSSR count). The fourth-order valence-corrected chi connectivity index (χ4v) is 4.75. The van der Waals surface area contributed by atoms with Crippen LogP contribution in [0.3, 0.4) is 0 Å². The number of nitrogens with zero attached hydrogens (tertiary/aromatic N) is 7. The van der Waals surface area contributed by atoms with E-state index in [9.17, 15) is 35.5 Å². The normalized spacial score (nSPS) is 18.3. The van der Waals surface area contributed by atoms with Crippen LogP contribution >= 0.6 is 0 Å². The Morgan fingerprint density at radius 2 is 1.69 bits per heavy atom. The molecule has 0 atom stereocenters. The van der Waals surface area contributed by atoms with Crippen LogP contribution in [0.25, 0.3) is 11.2 Å². The molecular formula is C21H18F7N7O. The highest BCUT2D eigenvalue weighted by Gasteiger charge is 2.50. The number of amides is 1. The fraction of sp³-hybridized carbons (Fsp3) is 0.476. The molecule has 3 aromatic rings. The third kappa shape index (κ3) is 4.09. The molecule has 0 aliphatic carbocycles. The van der Waals surface area contributed by atoms with E-state index in [0.29, 0.717) is 24.4 Å². The first kappa shape index (κ1) is 24.2. The van der Waals surface area contributed by atoms with E-state index in [4.69, 9.17) is 0 Å². The molecule has 1 amide bonds. The molecule has 5 heterocycles. The predicted molar refractivity (Wildman–Crippen MR) is 111 cm³/mol. The van der Waals surface area contributed by atoms with Gasteiger partial charge in [0.25, 0.3) is 6.43 Å². The highest BCUT2D eigenvalue weighted by atomic mass is 19.4. The van der Waals surface area contributed by atoms with Crippen molar-refractivity contribution >= 4 is 28.7 Å². The number of carbonyl (C=O) groups is 1. The number of anilines is 2. The minimum absolute atomic E-state index is 0.0652. The van der Waals surface area contributed by atoms with Crippen LogP contribution in [0.5, 0.6) is 0 Å². The van der Waals surface area contributed by atoms with Gasteiger partial charge in [0.2, 0.25) is 5.91 Å². The lowest BCUT2D eigenvalue weighted by atomic mass is 9.77. The van der Waals surface area contributed by atoms with Crippen LogP contribution < -0.4 is 9.80 Å². The molecule has 2 fully saturated rings. The first-order valence-corrected chi connectivity index (χ1v) is 11.0. The standard InChI is InChI=1S/C21H18F7N7O/c22-11-7-12(23)17(32-16(11)21(26,27)28)34-6-3-20(19(34)36)1-4-33(5-2-20)15-9-29-13-8-30-35(10-14(24)25)18(13)31-15/h7-9,14H,1-6,10H2. The van der Waals surface area contributed by atoms with E-state index in [-0.39, 0.29) is 37.5 Å². The summed E-state index contributed by atoms with van der Waals surface area (Å²) in [4.78, 5) is 27.6. The van der Waals surface area contributed by atoms with Crippen LogP contribution in [-0.4, -0.2) is 56.7 Å². The number of carbonyl (C=O) groups excluding carboxylic acids is 1. The molecule has 0 N–H and O–H groups in total. The van der Waals surface area contributed by atoms with E-state index < -0.39 is 53.6 Å². The van der Waals surface area contributed by atoms with Crippen LogP contribution in [0.4, 0.5) is 42.4 Å². The molecule has 3 aromatic heterocycles. The molecule has 15 heteroatoms. The molecule has 36 heavy (non-hydrogen) atoms. The maximum absolute atomic E-state index is 14.4. The van der Waals surface area contributed by atoms with Crippen molar-refractivity contribution in [3.05, 3.63) is 35.8 Å². The monoisotopic (exact) mass is 517 g/mol. The SMILES string of the molecule is O=C1N(c2nc(C(F)(F)F)c(F)cc2F)CCC12CCN(c1cnc3cnn(CC(F)F)c3n1)CC2. The molecule has 0 bridgehead atoms. The number of rotatable bonds is 4. The number of fused-ring (bicyclic) bond motifs is 1. The summed E-state index contributed by atoms with van der Waals surface area (Å²) in [6.07, 6.45) is -4.15. The minimum Gasteiger partial charge on any atom is -0.355 e. The maximum atomic E-state index is 14.4. The number of hydrogen-bond donors (Lipinski definition) is 0. The summed E-state index contributed by atoms with van der Waals surface area (Å²) in [7, 11) is 0. The second kappa shape index (κ2) is 8.55. The fourth-order valence-electron chi connectivity index (χ4n) is 4.75. The van der Waals surface area contributed by atoms with Crippen LogP contribution in [0.1, 0.15) is 25.0 Å². The first-order valence-electron chi connectivity index (χ1n) is 11.0. The minimum atomic E-state index is -5.15. The van der Waals surface area contributed by atoms with E-state index in [1.54, 1.807) is 0 Å². The Kier molecular flexibility index (Phi) is 5.75. The molecule has 0 radical (unpaired) electrons. The van der Waals surface area contributed by atoms with Crippen molar-refractivity contribution in [3.63, 3.8) is 0 Å². The smallest absolute Gasteiger partial charge is 0.355 e. The van der Waals surface area contributed by atoms with Crippen molar-refractivity contribution in [3.8, 4) is 0 Å². The zero-order chi connectivity index (χ0) is 25.8. The van der Waals surface area contributed by atoms with E-state index in [0.717, 1.165) is 9.58 Å². The van der Waals surface area contributed by atoms with Gasteiger partial charge in [-0.25, -0.2) is 37.2 Å². The lowest BCUT2D eigenvalue weighted by molar-refractivity contribution is -0.143. The third-order valence-electron chi connectivity index (χ3n) is 6.64. The molecule has 2 aliphatic rings. The zero-order valence-corrected chi connectivity index (χ0v) is 18.4. The average Bonchev–Trinajstić information content (AvgIpc) is 3.34. The molecular weight excluding hydrogens is 499 g/mol. The van der Waals surface area contributed by atoms with Crippen LogP contribution in [-0.2, 0) is 17.5 Å². The summed E-state index contributed by atoms with van der Waals surface area (Å²) in [6, 6.07) is 0.0829. The van der Waals surface area contributed by atoms with Crippen molar-refractivity contribution in [2.75, 3.05) is 29.4 Å². The van der Waals surface area contributed by atoms with Gasteiger partial charge in [-0.2, -0.15) is 18.3 Å². The summed E-state index contributed by atoms with van der Waals surface area (Å²) in [6.45, 7) is -0.0743. The Balaban J connectivity index is 1.34. The molecule has 2 aliphatic heterocycles. The molecule has 192 valence electrons. The van der Waals surface area contributed by atoms with Crippen molar-refractivity contribution in [2.45, 2.75) is 38.4 Å². The molecule has 1 spiro atoms. The number of pyridine rings is 1. The number of hydrogen-bond acceptors (Lipinski definition) is 6. The Morgan fingerprint density at radius 3 is 2.36 bits per heavy atom. The number of alkyl halides is 5. The molecule has 0 aromatic carbocycles. The second-order valence-electron chi connectivity index (χ2n) is 8.75. The quantitative estimate of drug-likeness (QED) is 0.490. The topological polar surface area (TPSA) is 80.0 Å². The van der Waals surface area contributed by atoms with E-state index in [1.807, 2.05) is 4.90 Å².